The van der Waals surface area contributed by atoms with E-state index in [0.717, 1.165) is 6.42 Å². The van der Waals surface area contributed by atoms with Crippen LogP contribution in [-0.4, -0.2) is 16.5 Å². The van der Waals surface area contributed by atoms with Crippen LogP contribution in [0.1, 0.15) is 18.4 Å². The molecule has 0 radical (unpaired) electrons. The minimum atomic E-state index is -0.0765. The molecule has 1 aliphatic carbocycles. The van der Waals surface area contributed by atoms with Gasteiger partial charge in [0.1, 0.15) is 0 Å². The minimum absolute atomic E-state index is 0.0765. The Labute approximate surface area is 88.5 Å². The van der Waals surface area contributed by atoms with Crippen LogP contribution in [0.4, 0.5) is 0 Å². The van der Waals surface area contributed by atoms with Crippen LogP contribution in [-0.2, 0) is 6.42 Å². The van der Waals surface area contributed by atoms with Crippen molar-refractivity contribution in [3.05, 3.63) is 29.8 Å². The van der Waals surface area contributed by atoms with Crippen LogP contribution in [0.15, 0.2) is 29.2 Å². The van der Waals surface area contributed by atoms with E-state index in [1.54, 1.807) is 0 Å². The van der Waals surface area contributed by atoms with Crippen molar-refractivity contribution in [2.75, 3.05) is 0 Å². The molecule has 1 N–H and O–H groups in total. The third-order valence-corrected chi connectivity index (χ3v) is 4.56. The summed E-state index contributed by atoms with van der Waals surface area (Å²) in [5, 5.41) is 10.5. The number of rotatable bonds is 2. The molecule has 2 atom stereocenters. The fourth-order valence-electron chi connectivity index (χ4n) is 2.14. The van der Waals surface area contributed by atoms with E-state index in [1.165, 1.54) is 23.3 Å². The molecule has 0 amide bonds. The van der Waals surface area contributed by atoms with E-state index in [2.05, 4.69) is 24.3 Å². The highest BCUT2D eigenvalue weighted by Gasteiger charge is 2.38. The van der Waals surface area contributed by atoms with Gasteiger partial charge in [-0.05, 0) is 36.8 Å². The third kappa shape index (κ3) is 1.47. The molecule has 0 bridgehead atoms. The highest BCUT2D eigenvalue weighted by molar-refractivity contribution is 8.00. The Morgan fingerprint density at radius 2 is 2.07 bits per heavy atom. The lowest BCUT2D eigenvalue weighted by atomic mass is 10.0. The Kier molecular flexibility index (Phi) is 2.06. The molecule has 2 heteroatoms. The summed E-state index contributed by atoms with van der Waals surface area (Å²) in [5.41, 5.74) is 1.42. The molecule has 1 aliphatic heterocycles. The molecule has 1 aromatic rings. The number of aliphatic hydroxyl groups excluding tert-OH is 1. The summed E-state index contributed by atoms with van der Waals surface area (Å²) in [6, 6.07) is 8.52. The van der Waals surface area contributed by atoms with Gasteiger partial charge in [0.15, 0.2) is 0 Å². The number of hydrogen-bond donors (Lipinski definition) is 1. The van der Waals surface area contributed by atoms with Crippen molar-refractivity contribution in [3.8, 4) is 0 Å². The van der Waals surface area contributed by atoms with E-state index in [-0.39, 0.29) is 6.10 Å². The quantitative estimate of drug-likeness (QED) is 0.802. The van der Waals surface area contributed by atoms with Crippen molar-refractivity contribution in [1.82, 2.24) is 0 Å². The first kappa shape index (κ1) is 8.81. The fourth-order valence-corrected chi connectivity index (χ4v) is 3.55. The van der Waals surface area contributed by atoms with Crippen molar-refractivity contribution in [2.24, 2.45) is 5.92 Å². The summed E-state index contributed by atoms with van der Waals surface area (Å²) in [6.07, 6.45) is 3.44. The Hall–Kier alpha value is -0.470. The standard InChI is InChI=1S/C12H14OS/c13-12(8-5-6-8)11-7-9-3-1-2-4-10(9)14-11/h1-4,8,11-13H,5-7H2. The number of thioether (sulfide) groups is 1. The maximum Gasteiger partial charge on any atom is 0.0693 e. The van der Waals surface area contributed by atoms with E-state index in [9.17, 15) is 5.11 Å². The average Bonchev–Trinajstić information content (AvgIpc) is 2.95. The highest BCUT2D eigenvalue weighted by Crippen LogP contribution is 2.44. The first-order chi connectivity index (χ1) is 6.84. The van der Waals surface area contributed by atoms with Gasteiger partial charge in [0.2, 0.25) is 0 Å². The molecular formula is C12H14OS. The van der Waals surface area contributed by atoms with Crippen LogP contribution in [0, 0.1) is 5.92 Å². The van der Waals surface area contributed by atoms with E-state index in [0.29, 0.717) is 11.2 Å². The topological polar surface area (TPSA) is 20.2 Å². The van der Waals surface area contributed by atoms with Gasteiger partial charge in [0.25, 0.3) is 0 Å². The molecule has 2 aliphatic rings. The van der Waals surface area contributed by atoms with Crippen molar-refractivity contribution in [3.63, 3.8) is 0 Å². The van der Waals surface area contributed by atoms with Crippen LogP contribution < -0.4 is 0 Å². The maximum absolute atomic E-state index is 10.0. The Bertz CT molecular complexity index is 321. The van der Waals surface area contributed by atoms with Crippen molar-refractivity contribution >= 4 is 11.8 Å². The normalized spacial score (nSPS) is 27.4. The Morgan fingerprint density at radius 3 is 2.79 bits per heavy atom. The van der Waals surface area contributed by atoms with Crippen LogP contribution in [0.25, 0.3) is 0 Å². The molecule has 3 rings (SSSR count). The van der Waals surface area contributed by atoms with Gasteiger partial charge >= 0.3 is 0 Å². The van der Waals surface area contributed by atoms with Gasteiger partial charge in [-0.3, -0.25) is 0 Å². The summed E-state index contributed by atoms with van der Waals surface area (Å²) in [5.74, 6) is 0.599. The molecule has 14 heavy (non-hydrogen) atoms. The molecule has 1 aromatic carbocycles. The summed E-state index contributed by atoms with van der Waals surface area (Å²) in [7, 11) is 0. The van der Waals surface area contributed by atoms with Gasteiger partial charge in [0, 0.05) is 10.1 Å². The smallest absolute Gasteiger partial charge is 0.0693 e. The van der Waals surface area contributed by atoms with Gasteiger partial charge < -0.3 is 5.11 Å². The second-order valence-corrected chi connectivity index (χ2v) is 5.58. The highest BCUT2D eigenvalue weighted by atomic mass is 32.2. The predicted octanol–water partition coefficient (Wildman–Crippen LogP) is 2.47. The lowest BCUT2D eigenvalue weighted by molar-refractivity contribution is 0.149. The summed E-state index contributed by atoms with van der Waals surface area (Å²) in [6.45, 7) is 0. The fraction of sp³-hybridized carbons (Fsp3) is 0.500. The number of benzene rings is 1. The van der Waals surface area contributed by atoms with E-state index in [4.69, 9.17) is 0 Å². The Balaban J connectivity index is 1.77. The van der Waals surface area contributed by atoms with E-state index >= 15 is 0 Å². The second kappa shape index (κ2) is 3.28. The number of aliphatic hydroxyl groups is 1. The zero-order valence-electron chi connectivity index (χ0n) is 8.02. The SMILES string of the molecule is OC(C1CC1)C1Cc2ccccc2S1. The first-order valence-electron chi connectivity index (χ1n) is 5.27. The molecule has 1 heterocycles. The average molecular weight is 206 g/mol. The molecule has 1 fully saturated rings. The lowest BCUT2D eigenvalue weighted by Gasteiger charge is -2.15. The van der Waals surface area contributed by atoms with E-state index in [1.807, 2.05) is 11.8 Å². The monoisotopic (exact) mass is 206 g/mol. The number of fused-ring (bicyclic) bond motifs is 1. The summed E-state index contributed by atoms with van der Waals surface area (Å²) < 4.78 is 0. The minimum Gasteiger partial charge on any atom is -0.392 e. The van der Waals surface area contributed by atoms with Crippen LogP contribution in [0.2, 0.25) is 0 Å². The zero-order chi connectivity index (χ0) is 9.54. The molecule has 74 valence electrons. The molecule has 1 saturated carbocycles. The number of hydrogen-bond acceptors (Lipinski definition) is 2. The molecule has 1 nitrogen and oxygen atoms in total. The maximum atomic E-state index is 10.0. The van der Waals surface area contributed by atoms with Gasteiger partial charge in [-0.25, -0.2) is 0 Å². The molecule has 0 aromatic heterocycles. The van der Waals surface area contributed by atoms with E-state index < -0.39 is 0 Å². The van der Waals surface area contributed by atoms with Gasteiger partial charge in [-0.2, -0.15) is 0 Å². The van der Waals surface area contributed by atoms with Crippen LogP contribution >= 0.6 is 11.8 Å². The van der Waals surface area contributed by atoms with Crippen molar-refractivity contribution in [1.29, 1.82) is 0 Å². The van der Waals surface area contributed by atoms with Gasteiger partial charge in [0.05, 0.1) is 6.10 Å². The van der Waals surface area contributed by atoms with Crippen molar-refractivity contribution < 1.29 is 5.11 Å². The molecule has 0 saturated heterocycles. The van der Waals surface area contributed by atoms with Crippen molar-refractivity contribution in [2.45, 2.75) is 35.5 Å². The van der Waals surface area contributed by atoms with Crippen LogP contribution in [0.5, 0.6) is 0 Å². The largest absolute Gasteiger partial charge is 0.392 e. The van der Waals surface area contributed by atoms with Crippen LogP contribution in [0.3, 0.4) is 0 Å². The molecule has 2 unspecified atom stereocenters. The van der Waals surface area contributed by atoms with Gasteiger partial charge in [-0.15, -0.1) is 11.8 Å². The predicted molar refractivity (Wildman–Crippen MR) is 58.5 cm³/mol. The second-order valence-electron chi connectivity index (χ2n) is 4.30. The molecular weight excluding hydrogens is 192 g/mol. The summed E-state index contributed by atoms with van der Waals surface area (Å²) >= 11 is 1.86. The summed E-state index contributed by atoms with van der Waals surface area (Å²) in [4.78, 5) is 1.37. The zero-order valence-corrected chi connectivity index (χ0v) is 8.83. The lowest BCUT2D eigenvalue weighted by Crippen LogP contribution is -2.24. The Morgan fingerprint density at radius 1 is 1.29 bits per heavy atom. The molecule has 0 spiro atoms. The van der Waals surface area contributed by atoms with Gasteiger partial charge in [-0.1, -0.05) is 18.2 Å². The first-order valence-corrected chi connectivity index (χ1v) is 6.15. The third-order valence-electron chi connectivity index (χ3n) is 3.16.